The van der Waals surface area contributed by atoms with E-state index in [0.717, 1.165) is 5.56 Å². The molecule has 0 atom stereocenters. The molecular formula is C16H22N4O3. The zero-order valence-corrected chi connectivity index (χ0v) is 13.7. The van der Waals surface area contributed by atoms with Gasteiger partial charge in [-0.05, 0) is 32.4 Å². The van der Waals surface area contributed by atoms with Crippen LogP contribution in [0.15, 0.2) is 19.0 Å². The summed E-state index contributed by atoms with van der Waals surface area (Å²) in [5.41, 5.74) is 0.438. The Morgan fingerprint density at radius 1 is 1.39 bits per heavy atom. The van der Waals surface area contributed by atoms with Crippen LogP contribution in [0.3, 0.4) is 0 Å². The third kappa shape index (κ3) is 4.77. The molecule has 0 aromatic carbocycles. The van der Waals surface area contributed by atoms with Crippen molar-refractivity contribution in [1.29, 1.82) is 0 Å². The molecule has 2 rings (SSSR count). The van der Waals surface area contributed by atoms with E-state index in [1.807, 2.05) is 0 Å². The van der Waals surface area contributed by atoms with Gasteiger partial charge < -0.3 is 15.0 Å². The molecule has 1 aliphatic rings. The summed E-state index contributed by atoms with van der Waals surface area (Å²) < 4.78 is 5.13. The van der Waals surface area contributed by atoms with Gasteiger partial charge in [0.1, 0.15) is 12.1 Å². The highest BCUT2D eigenvalue weighted by Gasteiger charge is 2.32. The van der Waals surface area contributed by atoms with E-state index in [1.165, 1.54) is 0 Å². The van der Waals surface area contributed by atoms with Crippen molar-refractivity contribution in [2.45, 2.75) is 32.3 Å². The van der Waals surface area contributed by atoms with Crippen LogP contribution >= 0.6 is 0 Å². The first-order valence-electron chi connectivity index (χ1n) is 7.47. The lowest BCUT2D eigenvalue weighted by molar-refractivity contribution is -0.153. The smallest absolute Gasteiger partial charge is 0.325 e. The molecular weight excluding hydrogens is 296 g/mol. The fourth-order valence-electron chi connectivity index (χ4n) is 2.16. The van der Waals surface area contributed by atoms with Crippen molar-refractivity contribution in [2.75, 3.05) is 19.6 Å². The summed E-state index contributed by atoms with van der Waals surface area (Å²) in [6, 6.07) is -0.268. The number of ether oxygens (including phenoxy) is 1. The number of nitrogens with one attached hydrogen (secondary N) is 1. The second kappa shape index (κ2) is 6.76. The lowest BCUT2D eigenvalue weighted by atomic mass is 9.94. The van der Waals surface area contributed by atoms with Gasteiger partial charge >= 0.3 is 12.0 Å². The fraction of sp³-hybridized carbons (Fsp3) is 0.500. The molecule has 23 heavy (non-hydrogen) atoms. The molecule has 7 heteroatoms. The summed E-state index contributed by atoms with van der Waals surface area (Å²) in [5, 5.41) is 2.57. The van der Waals surface area contributed by atoms with E-state index < -0.39 is 11.6 Å². The van der Waals surface area contributed by atoms with Gasteiger partial charge in [-0.25, -0.2) is 14.8 Å². The van der Waals surface area contributed by atoms with Gasteiger partial charge in [0.2, 0.25) is 0 Å². The number of hydrogen-bond acceptors (Lipinski definition) is 5. The first-order chi connectivity index (χ1) is 10.8. The third-order valence-corrected chi connectivity index (χ3v) is 3.32. The molecule has 0 bridgehead atoms. The van der Waals surface area contributed by atoms with E-state index in [1.54, 1.807) is 44.1 Å². The van der Waals surface area contributed by atoms with E-state index in [0.29, 0.717) is 18.9 Å². The SMILES string of the molecule is C=Cc1ncc(C2CN(C(=O)NCC(=O)OC(C)(C)C)C2)cn1. The number of likely N-dealkylation sites (tertiary alicyclic amines) is 1. The average molecular weight is 318 g/mol. The quantitative estimate of drug-likeness (QED) is 0.852. The molecule has 1 saturated heterocycles. The van der Waals surface area contributed by atoms with E-state index >= 15 is 0 Å². The monoisotopic (exact) mass is 318 g/mol. The van der Waals surface area contributed by atoms with Gasteiger partial charge in [0, 0.05) is 31.4 Å². The highest BCUT2D eigenvalue weighted by Crippen LogP contribution is 2.25. The number of nitrogens with zero attached hydrogens (tertiary/aromatic N) is 3. The van der Waals surface area contributed by atoms with Crippen LogP contribution in [0.1, 0.15) is 38.1 Å². The standard InChI is InChI=1S/C16H22N4O3/c1-5-13-17-6-11(7-18-13)12-9-20(10-12)15(22)19-8-14(21)23-16(2,3)4/h5-7,12H,1,8-10H2,2-4H3,(H,19,22). The summed E-state index contributed by atoms with van der Waals surface area (Å²) >= 11 is 0. The first-order valence-corrected chi connectivity index (χ1v) is 7.47. The number of hydrogen-bond donors (Lipinski definition) is 1. The Bertz CT molecular complexity index is 586. The molecule has 7 nitrogen and oxygen atoms in total. The molecule has 2 amide bonds. The number of aromatic nitrogens is 2. The number of esters is 1. The summed E-state index contributed by atoms with van der Waals surface area (Å²) in [5.74, 6) is 0.359. The van der Waals surface area contributed by atoms with Gasteiger partial charge in [-0.1, -0.05) is 6.58 Å². The molecule has 0 radical (unpaired) electrons. The number of rotatable bonds is 4. The van der Waals surface area contributed by atoms with Crippen molar-refractivity contribution >= 4 is 18.1 Å². The van der Waals surface area contributed by atoms with Gasteiger partial charge in [0.25, 0.3) is 0 Å². The second-order valence-electron chi connectivity index (χ2n) is 6.43. The minimum absolute atomic E-state index is 0.131. The highest BCUT2D eigenvalue weighted by molar-refractivity contribution is 5.81. The summed E-state index contributed by atoms with van der Waals surface area (Å²) in [6.45, 7) is 9.99. The van der Waals surface area contributed by atoms with Crippen LogP contribution in [0.4, 0.5) is 4.79 Å². The molecule has 1 fully saturated rings. The molecule has 0 unspecified atom stereocenters. The van der Waals surface area contributed by atoms with E-state index in [-0.39, 0.29) is 18.5 Å². The fourth-order valence-corrected chi connectivity index (χ4v) is 2.16. The molecule has 2 heterocycles. The summed E-state index contributed by atoms with van der Waals surface area (Å²) in [4.78, 5) is 33.4. The molecule has 0 saturated carbocycles. The van der Waals surface area contributed by atoms with E-state index in [4.69, 9.17) is 4.74 Å². The molecule has 1 N–H and O–H groups in total. The van der Waals surface area contributed by atoms with E-state index in [2.05, 4.69) is 21.9 Å². The van der Waals surface area contributed by atoms with Crippen molar-refractivity contribution in [1.82, 2.24) is 20.2 Å². The highest BCUT2D eigenvalue weighted by atomic mass is 16.6. The topological polar surface area (TPSA) is 84.4 Å². The Balaban J connectivity index is 1.74. The Kier molecular flexibility index (Phi) is 4.98. The second-order valence-corrected chi connectivity index (χ2v) is 6.43. The van der Waals surface area contributed by atoms with Crippen LogP contribution in [0.2, 0.25) is 0 Å². The maximum Gasteiger partial charge on any atom is 0.325 e. The summed E-state index contributed by atoms with van der Waals surface area (Å²) in [7, 11) is 0. The van der Waals surface area contributed by atoms with Gasteiger partial charge in [0.15, 0.2) is 5.82 Å². The van der Waals surface area contributed by atoms with Crippen molar-refractivity contribution in [3.05, 3.63) is 30.4 Å². The number of carbonyl (C=O) groups is 2. The van der Waals surface area contributed by atoms with Crippen LogP contribution in [0.25, 0.3) is 6.08 Å². The van der Waals surface area contributed by atoms with Crippen LogP contribution in [0, 0.1) is 0 Å². The number of amides is 2. The molecule has 1 aromatic rings. The van der Waals surface area contributed by atoms with Gasteiger partial charge in [-0.2, -0.15) is 0 Å². The Morgan fingerprint density at radius 3 is 2.52 bits per heavy atom. The average Bonchev–Trinajstić information content (AvgIpc) is 2.42. The van der Waals surface area contributed by atoms with Crippen LogP contribution in [0.5, 0.6) is 0 Å². The number of carbonyl (C=O) groups excluding carboxylic acids is 2. The predicted molar refractivity (Wildman–Crippen MR) is 85.7 cm³/mol. The largest absolute Gasteiger partial charge is 0.459 e. The maximum atomic E-state index is 11.9. The Labute approximate surface area is 135 Å². The molecule has 124 valence electrons. The molecule has 0 spiro atoms. The number of urea groups is 1. The van der Waals surface area contributed by atoms with Gasteiger partial charge in [0.05, 0.1) is 0 Å². The van der Waals surface area contributed by atoms with Crippen molar-refractivity contribution in [2.24, 2.45) is 0 Å². The predicted octanol–water partition coefficient (Wildman–Crippen LogP) is 1.57. The van der Waals surface area contributed by atoms with Gasteiger partial charge in [-0.15, -0.1) is 0 Å². The van der Waals surface area contributed by atoms with Crippen LogP contribution in [-0.2, 0) is 9.53 Å². The lowest BCUT2D eigenvalue weighted by Gasteiger charge is -2.39. The van der Waals surface area contributed by atoms with Crippen molar-refractivity contribution in [3.63, 3.8) is 0 Å². The van der Waals surface area contributed by atoms with E-state index in [9.17, 15) is 9.59 Å². The maximum absolute atomic E-state index is 11.9. The summed E-state index contributed by atoms with van der Waals surface area (Å²) in [6.07, 6.45) is 5.09. The van der Waals surface area contributed by atoms with Crippen molar-refractivity contribution in [3.8, 4) is 0 Å². The molecule has 0 aliphatic carbocycles. The molecule has 1 aromatic heterocycles. The minimum atomic E-state index is -0.554. The lowest BCUT2D eigenvalue weighted by Crippen LogP contribution is -2.53. The Hall–Kier alpha value is -2.44. The van der Waals surface area contributed by atoms with Crippen LogP contribution in [-0.4, -0.2) is 52.1 Å². The third-order valence-electron chi connectivity index (χ3n) is 3.32. The van der Waals surface area contributed by atoms with Crippen molar-refractivity contribution < 1.29 is 14.3 Å². The van der Waals surface area contributed by atoms with Crippen LogP contribution < -0.4 is 5.32 Å². The molecule has 1 aliphatic heterocycles. The normalized spacial score (nSPS) is 14.8. The minimum Gasteiger partial charge on any atom is -0.459 e. The zero-order chi connectivity index (χ0) is 17.0. The zero-order valence-electron chi connectivity index (χ0n) is 13.7. The van der Waals surface area contributed by atoms with Gasteiger partial charge in [-0.3, -0.25) is 4.79 Å². The Morgan fingerprint density at radius 2 is 2.00 bits per heavy atom. The first kappa shape index (κ1) is 16.9.